The monoisotopic (exact) mass is 537 g/mol. The van der Waals surface area contributed by atoms with E-state index in [1.54, 1.807) is 16.2 Å². The Kier molecular flexibility index (Phi) is 7.63. The highest BCUT2D eigenvalue weighted by molar-refractivity contribution is 6.00. The zero-order valence-corrected chi connectivity index (χ0v) is 23.2. The molecule has 3 saturated heterocycles. The Bertz CT molecular complexity index is 1270. The number of piperazine rings is 1. The Balaban J connectivity index is 1.04. The Hall–Kier alpha value is -2.53. The van der Waals surface area contributed by atoms with Crippen molar-refractivity contribution < 1.29 is 9.59 Å². The van der Waals surface area contributed by atoms with Gasteiger partial charge in [-0.25, -0.2) is 4.79 Å². The second kappa shape index (κ2) is 11.2. The molecule has 10 heteroatoms. The largest absolute Gasteiger partial charge is 0.329 e. The first kappa shape index (κ1) is 26.7. The number of nitrogens with zero attached hydrogens (tertiary/aromatic N) is 5. The van der Waals surface area contributed by atoms with Gasteiger partial charge in [0.2, 0.25) is 11.8 Å². The summed E-state index contributed by atoms with van der Waals surface area (Å²) >= 11 is 0. The van der Waals surface area contributed by atoms with Crippen molar-refractivity contribution in [3.8, 4) is 0 Å². The van der Waals surface area contributed by atoms with E-state index in [4.69, 9.17) is 5.73 Å². The molecular weight excluding hydrogens is 494 g/mol. The van der Waals surface area contributed by atoms with E-state index in [0.29, 0.717) is 18.5 Å². The van der Waals surface area contributed by atoms with Crippen LogP contribution >= 0.6 is 0 Å². The summed E-state index contributed by atoms with van der Waals surface area (Å²) in [6.07, 6.45) is 6.85. The summed E-state index contributed by atoms with van der Waals surface area (Å²) in [7, 11) is 1.75. The first-order valence-corrected chi connectivity index (χ1v) is 14.8. The van der Waals surface area contributed by atoms with Crippen molar-refractivity contribution in [2.24, 2.45) is 18.7 Å². The van der Waals surface area contributed by atoms with Gasteiger partial charge in [0.1, 0.15) is 6.04 Å². The molecule has 4 aliphatic rings. The van der Waals surface area contributed by atoms with Crippen LogP contribution in [0.25, 0.3) is 11.0 Å². The van der Waals surface area contributed by atoms with E-state index >= 15 is 0 Å². The molecule has 212 valence electrons. The van der Waals surface area contributed by atoms with Crippen LogP contribution in [0.3, 0.4) is 0 Å². The number of nitrogens with two attached hydrogens (primary N) is 1. The molecule has 0 spiro atoms. The number of imide groups is 1. The van der Waals surface area contributed by atoms with Crippen molar-refractivity contribution in [2.45, 2.75) is 69.6 Å². The van der Waals surface area contributed by atoms with Crippen molar-refractivity contribution in [1.82, 2.24) is 29.2 Å². The smallest absolute Gasteiger partial charge is 0.328 e. The molecule has 4 fully saturated rings. The van der Waals surface area contributed by atoms with Gasteiger partial charge in [-0.15, -0.1) is 0 Å². The molecule has 2 atom stereocenters. The van der Waals surface area contributed by atoms with Crippen LogP contribution in [0.15, 0.2) is 23.0 Å². The molecule has 2 aromatic rings. The Morgan fingerprint density at radius 3 is 2.41 bits per heavy atom. The molecule has 10 nitrogen and oxygen atoms in total. The number of fused-ring (bicyclic) bond motifs is 1. The van der Waals surface area contributed by atoms with Crippen LogP contribution in [-0.4, -0.2) is 93.5 Å². The van der Waals surface area contributed by atoms with Crippen LogP contribution in [0, 0.1) is 5.92 Å². The zero-order valence-electron chi connectivity index (χ0n) is 23.2. The highest BCUT2D eigenvalue weighted by Crippen LogP contribution is 2.27. The normalized spacial score (nSPS) is 29.8. The summed E-state index contributed by atoms with van der Waals surface area (Å²) in [6, 6.07) is 6.57. The van der Waals surface area contributed by atoms with Gasteiger partial charge >= 0.3 is 5.69 Å². The maximum atomic E-state index is 13.1. The number of aryl methyl sites for hydroxylation is 1. The van der Waals surface area contributed by atoms with Crippen molar-refractivity contribution in [2.75, 3.05) is 45.8 Å². The van der Waals surface area contributed by atoms with Crippen LogP contribution in [0.5, 0.6) is 0 Å². The molecule has 1 unspecified atom stereocenters. The van der Waals surface area contributed by atoms with E-state index in [-0.39, 0.29) is 18.0 Å². The molecule has 1 aromatic heterocycles. The summed E-state index contributed by atoms with van der Waals surface area (Å²) in [6.45, 7) is 8.83. The van der Waals surface area contributed by atoms with Crippen LogP contribution in [0.2, 0.25) is 0 Å². The topological polar surface area (TPSA) is 109 Å². The predicted octanol–water partition coefficient (Wildman–Crippen LogP) is 1.03. The minimum atomic E-state index is -0.648. The number of likely N-dealkylation sites (tertiary alicyclic amines) is 1. The first-order chi connectivity index (χ1) is 18.9. The minimum absolute atomic E-state index is 0.220. The van der Waals surface area contributed by atoms with E-state index < -0.39 is 11.9 Å². The molecule has 2 amide bonds. The van der Waals surface area contributed by atoms with Crippen molar-refractivity contribution in [3.05, 3.63) is 34.2 Å². The fourth-order valence-corrected chi connectivity index (χ4v) is 7.29. The van der Waals surface area contributed by atoms with Crippen LogP contribution in [0.1, 0.15) is 56.6 Å². The lowest BCUT2D eigenvalue weighted by Crippen LogP contribution is -2.50. The number of carbonyl (C=O) groups excluding carboxylic acids is 2. The predicted molar refractivity (Wildman–Crippen MR) is 150 cm³/mol. The van der Waals surface area contributed by atoms with E-state index in [2.05, 4.69) is 32.1 Å². The number of aromatic nitrogens is 2. The molecule has 39 heavy (non-hydrogen) atoms. The number of hydrogen-bond donors (Lipinski definition) is 2. The summed E-state index contributed by atoms with van der Waals surface area (Å²) < 4.78 is 3.17. The fourth-order valence-electron chi connectivity index (χ4n) is 7.29. The number of amides is 2. The maximum Gasteiger partial charge on any atom is 0.329 e. The zero-order chi connectivity index (χ0) is 27.1. The van der Waals surface area contributed by atoms with E-state index in [1.165, 1.54) is 57.3 Å². The van der Waals surface area contributed by atoms with Gasteiger partial charge in [-0.05, 0) is 68.7 Å². The van der Waals surface area contributed by atoms with Crippen LogP contribution < -0.4 is 16.7 Å². The summed E-state index contributed by atoms with van der Waals surface area (Å²) in [4.78, 5) is 45.0. The third-order valence-corrected chi connectivity index (χ3v) is 9.66. The van der Waals surface area contributed by atoms with Crippen LogP contribution in [-0.2, 0) is 23.2 Å². The molecule has 1 saturated carbocycles. The van der Waals surface area contributed by atoms with Crippen LogP contribution in [0.4, 0.5) is 0 Å². The Morgan fingerprint density at radius 1 is 0.897 bits per heavy atom. The number of nitrogens with one attached hydrogen (secondary N) is 1. The molecule has 4 heterocycles. The SMILES string of the molecule is Cn1c(=O)n(C2CCC(=O)NC2=O)c2ccc(CN3CCN([C@@H]4CCN(C[C@H]5CC[C@H](N)CC5)C4)CC3)cc21. The summed E-state index contributed by atoms with van der Waals surface area (Å²) in [5, 5.41) is 2.38. The van der Waals surface area contributed by atoms with E-state index in [1.807, 2.05) is 6.07 Å². The number of rotatable bonds is 6. The minimum Gasteiger partial charge on any atom is -0.328 e. The molecule has 1 aromatic carbocycles. The van der Waals surface area contributed by atoms with E-state index in [0.717, 1.165) is 49.7 Å². The Labute approximate surface area is 230 Å². The second-order valence-corrected chi connectivity index (χ2v) is 12.3. The van der Waals surface area contributed by atoms with Crippen molar-refractivity contribution in [3.63, 3.8) is 0 Å². The molecule has 3 aliphatic heterocycles. The Morgan fingerprint density at radius 2 is 1.67 bits per heavy atom. The number of piperidine rings is 1. The summed E-state index contributed by atoms with van der Waals surface area (Å²) in [5.41, 5.74) is 8.62. The lowest BCUT2D eigenvalue weighted by atomic mass is 9.86. The van der Waals surface area contributed by atoms with Gasteiger partial charge in [0.25, 0.3) is 0 Å². The lowest BCUT2D eigenvalue weighted by molar-refractivity contribution is -0.135. The van der Waals surface area contributed by atoms with Gasteiger partial charge < -0.3 is 10.6 Å². The average Bonchev–Trinajstić information content (AvgIpc) is 3.49. The van der Waals surface area contributed by atoms with Gasteiger partial charge in [0.05, 0.1) is 11.0 Å². The van der Waals surface area contributed by atoms with Gasteiger partial charge in [-0.1, -0.05) is 6.07 Å². The maximum absolute atomic E-state index is 13.1. The van der Waals surface area contributed by atoms with E-state index in [9.17, 15) is 14.4 Å². The molecular formula is C29H43N7O3. The third-order valence-electron chi connectivity index (χ3n) is 9.66. The fraction of sp³-hybridized carbons (Fsp3) is 0.690. The number of imidazole rings is 1. The summed E-state index contributed by atoms with van der Waals surface area (Å²) in [5.74, 6) is 0.160. The van der Waals surface area contributed by atoms with Gasteiger partial charge in [-0.2, -0.15) is 0 Å². The average molecular weight is 538 g/mol. The first-order valence-electron chi connectivity index (χ1n) is 14.8. The third kappa shape index (κ3) is 5.57. The molecule has 6 rings (SSSR count). The van der Waals surface area contributed by atoms with Gasteiger partial charge in [0.15, 0.2) is 0 Å². The van der Waals surface area contributed by atoms with Crippen molar-refractivity contribution in [1.29, 1.82) is 0 Å². The molecule has 1 aliphatic carbocycles. The number of hydrogen-bond acceptors (Lipinski definition) is 7. The highest BCUT2D eigenvalue weighted by atomic mass is 16.2. The highest BCUT2D eigenvalue weighted by Gasteiger charge is 2.33. The quantitative estimate of drug-likeness (QED) is 0.530. The van der Waals surface area contributed by atoms with Gasteiger partial charge in [0, 0.05) is 71.4 Å². The standard InChI is InChI=1S/C29H43N7O3/c1-32-26-16-21(4-7-24(26)36(29(32)39)25-8-9-27(37)31-28(25)38)18-33-12-14-35(15-13-33)23-10-11-34(19-23)17-20-2-5-22(30)6-3-20/h4,7,16,20,22-23,25H,2-3,5-6,8-15,17-19,30H2,1H3,(H,31,37,38)/t20-,22-,23-,25?/m1/s1. The molecule has 0 radical (unpaired) electrons. The lowest BCUT2D eigenvalue weighted by Gasteiger charge is -2.38. The van der Waals surface area contributed by atoms with Gasteiger partial charge in [-0.3, -0.25) is 33.8 Å². The van der Waals surface area contributed by atoms with Crippen molar-refractivity contribution >= 4 is 22.8 Å². The molecule has 3 N–H and O–H groups in total. The number of benzene rings is 1. The second-order valence-electron chi connectivity index (χ2n) is 12.3. The number of carbonyl (C=O) groups is 2. The molecule has 0 bridgehead atoms.